The summed E-state index contributed by atoms with van der Waals surface area (Å²) in [5.41, 5.74) is 2.82. The largest absolute Gasteiger partial charge is 0.486 e. The van der Waals surface area contributed by atoms with E-state index in [1.807, 2.05) is 25.1 Å². The number of nitriles is 1. The van der Waals surface area contributed by atoms with Gasteiger partial charge < -0.3 is 14.5 Å². The van der Waals surface area contributed by atoms with Crippen molar-refractivity contribution < 1.29 is 9.47 Å². The number of imidazole rings is 1. The molecule has 0 unspecified atom stereocenters. The second kappa shape index (κ2) is 4.08. The van der Waals surface area contributed by atoms with Crippen molar-refractivity contribution >= 4 is 0 Å². The van der Waals surface area contributed by atoms with Crippen LogP contribution in [-0.2, 0) is 0 Å². The number of hydrogen-bond acceptors (Lipinski definition) is 4. The van der Waals surface area contributed by atoms with Crippen molar-refractivity contribution in [2.75, 3.05) is 13.2 Å². The Morgan fingerprint density at radius 3 is 2.67 bits per heavy atom. The molecule has 0 bridgehead atoms. The molecule has 5 heteroatoms. The number of aryl methyl sites for hydroxylation is 1. The van der Waals surface area contributed by atoms with Crippen LogP contribution in [-0.4, -0.2) is 23.2 Å². The Morgan fingerprint density at radius 2 is 2.00 bits per heavy atom. The van der Waals surface area contributed by atoms with E-state index >= 15 is 0 Å². The van der Waals surface area contributed by atoms with Crippen molar-refractivity contribution in [1.82, 2.24) is 9.97 Å². The van der Waals surface area contributed by atoms with E-state index in [1.165, 1.54) is 0 Å². The maximum atomic E-state index is 8.77. The van der Waals surface area contributed by atoms with Crippen LogP contribution in [0.1, 0.15) is 11.4 Å². The van der Waals surface area contributed by atoms with Gasteiger partial charge in [0.1, 0.15) is 19.3 Å². The normalized spacial score (nSPS) is 13.1. The first-order valence-electron chi connectivity index (χ1n) is 5.63. The maximum Gasteiger partial charge on any atom is 0.210 e. The smallest absolute Gasteiger partial charge is 0.210 e. The molecule has 0 amide bonds. The molecule has 1 N–H and O–H groups in total. The fourth-order valence-electron chi connectivity index (χ4n) is 2.00. The lowest BCUT2D eigenvalue weighted by Gasteiger charge is -2.20. The summed E-state index contributed by atoms with van der Waals surface area (Å²) in [6.45, 7) is 3.12. The van der Waals surface area contributed by atoms with E-state index in [4.69, 9.17) is 14.7 Å². The molecule has 1 aliphatic heterocycles. The monoisotopic (exact) mass is 241 g/mol. The third-order valence-corrected chi connectivity index (χ3v) is 2.86. The highest BCUT2D eigenvalue weighted by Crippen LogP contribution is 2.36. The molecule has 0 saturated heterocycles. The summed E-state index contributed by atoms with van der Waals surface area (Å²) in [5.74, 6) is 1.80. The first-order valence-corrected chi connectivity index (χ1v) is 5.63. The highest BCUT2D eigenvalue weighted by molar-refractivity contribution is 5.68. The molecule has 0 atom stereocenters. The average Bonchev–Trinajstić information content (AvgIpc) is 2.86. The fourth-order valence-corrected chi connectivity index (χ4v) is 2.00. The summed E-state index contributed by atoms with van der Waals surface area (Å²) in [6.07, 6.45) is 1.65. The Balaban J connectivity index is 2.09. The van der Waals surface area contributed by atoms with Gasteiger partial charge in [-0.25, -0.2) is 4.98 Å². The van der Waals surface area contributed by atoms with Gasteiger partial charge in [0, 0.05) is 5.56 Å². The number of hydrogen-bond donors (Lipinski definition) is 1. The quantitative estimate of drug-likeness (QED) is 0.829. The van der Waals surface area contributed by atoms with Crippen LogP contribution in [0.2, 0.25) is 0 Å². The first-order chi connectivity index (χ1) is 8.78. The van der Waals surface area contributed by atoms with Gasteiger partial charge in [-0.1, -0.05) is 0 Å². The van der Waals surface area contributed by atoms with Crippen molar-refractivity contribution in [1.29, 1.82) is 5.26 Å². The van der Waals surface area contributed by atoms with Gasteiger partial charge in [-0.05, 0) is 24.6 Å². The predicted molar refractivity (Wildman–Crippen MR) is 64.5 cm³/mol. The molecule has 2 aromatic rings. The van der Waals surface area contributed by atoms with Gasteiger partial charge >= 0.3 is 0 Å². The van der Waals surface area contributed by atoms with Gasteiger partial charge in [0.25, 0.3) is 0 Å². The number of H-pyrrole nitrogens is 1. The summed E-state index contributed by atoms with van der Waals surface area (Å²) in [4.78, 5) is 6.93. The van der Waals surface area contributed by atoms with E-state index < -0.39 is 0 Å². The Labute approximate surface area is 104 Å². The number of nitrogens with zero attached hydrogens (tertiary/aromatic N) is 2. The molecule has 5 nitrogen and oxygen atoms in total. The Hall–Kier alpha value is -2.48. The third kappa shape index (κ3) is 1.68. The van der Waals surface area contributed by atoms with Crippen LogP contribution >= 0.6 is 0 Å². The zero-order chi connectivity index (χ0) is 12.5. The molecule has 1 aromatic carbocycles. The molecule has 90 valence electrons. The van der Waals surface area contributed by atoms with Crippen molar-refractivity contribution in [3.05, 3.63) is 29.7 Å². The van der Waals surface area contributed by atoms with Gasteiger partial charge in [-0.2, -0.15) is 5.26 Å². The van der Waals surface area contributed by atoms with Crippen LogP contribution in [0, 0.1) is 18.3 Å². The minimum Gasteiger partial charge on any atom is -0.486 e. The van der Waals surface area contributed by atoms with Gasteiger partial charge in [-0.15, -0.1) is 0 Å². The van der Waals surface area contributed by atoms with Crippen LogP contribution in [0.3, 0.4) is 0 Å². The van der Waals surface area contributed by atoms with Crippen molar-refractivity contribution in [3.8, 4) is 28.8 Å². The number of fused-ring (bicyclic) bond motifs is 1. The van der Waals surface area contributed by atoms with E-state index in [1.54, 1.807) is 6.20 Å². The highest BCUT2D eigenvalue weighted by Gasteiger charge is 2.16. The first kappa shape index (κ1) is 10.7. The molecule has 0 saturated carbocycles. The van der Waals surface area contributed by atoms with Crippen LogP contribution in [0.5, 0.6) is 11.5 Å². The van der Waals surface area contributed by atoms with Gasteiger partial charge in [0.2, 0.25) is 5.82 Å². The average molecular weight is 241 g/mol. The highest BCUT2D eigenvalue weighted by atomic mass is 16.6. The topological polar surface area (TPSA) is 70.9 Å². The number of ether oxygens (including phenoxy) is 2. The Kier molecular flexibility index (Phi) is 2.41. The van der Waals surface area contributed by atoms with Crippen LogP contribution in [0.4, 0.5) is 0 Å². The van der Waals surface area contributed by atoms with Gasteiger partial charge in [-0.3, -0.25) is 0 Å². The molecule has 0 fully saturated rings. The van der Waals surface area contributed by atoms with Gasteiger partial charge in [0.05, 0.1) is 11.9 Å². The molecular formula is C13H11N3O2. The lowest BCUT2D eigenvalue weighted by molar-refractivity contribution is 0.171. The van der Waals surface area contributed by atoms with E-state index in [9.17, 15) is 0 Å². The van der Waals surface area contributed by atoms with Crippen LogP contribution < -0.4 is 9.47 Å². The molecule has 3 rings (SSSR count). The minimum atomic E-state index is 0.305. The molecule has 2 heterocycles. The number of benzene rings is 1. The zero-order valence-corrected chi connectivity index (χ0v) is 9.86. The SMILES string of the molecule is Cc1cc2c(cc1-c1cnc(C#N)[nH]1)OCCO2. The predicted octanol–water partition coefficient (Wildman–Crippen LogP) is 2.03. The zero-order valence-electron chi connectivity index (χ0n) is 9.86. The second-order valence-corrected chi connectivity index (χ2v) is 4.07. The number of aromatic nitrogens is 2. The van der Waals surface area contributed by atoms with E-state index in [0.717, 1.165) is 28.3 Å². The summed E-state index contributed by atoms with van der Waals surface area (Å²) >= 11 is 0. The molecule has 1 aromatic heterocycles. The molecule has 1 aliphatic rings. The standard InChI is InChI=1S/C13H11N3O2/c1-8-4-11-12(18-3-2-17-11)5-9(8)10-7-15-13(6-14)16-10/h4-5,7H,2-3H2,1H3,(H,15,16). The van der Waals surface area contributed by atoms with Crippen LogP contribution in [0.25, 0.3) is 11.3 Å². The molecule has 18 heavy (non-hydrogen) atoms. The summed E-state index contributed by atoms with van der Waals surface area (Å²) in [5, 5.41) is 8.77. The fraction of sp³-hybridized carbons (Fsp3) is 0.231. The molecule has 0 aliphatic carbocycles. The summed E-state index contributed by atoms with van der Waals surface area (Å²) < 4.78 is 11.1. The van der Waals surface area contributed by atoms with Crippen LogP contribution in [0.15, 0.2) is 18.3 Å². The lowest BCUT2D eigenvalue weighted by atomic mass is 10.1. The lowest BCUT2D eigenvalue weighted by Crippen LogP contribution is -2.15. The number of aromatic amines is 1. The van der Waals surface area contributed by atoms with Crippen molar-refractivity contribution in [2.24, 2.45) is 0 Å². The van der Waals surface area contributed by atoms with E-state index in [0.29, 0.717) is 19.0 Å². The summed E-state index contributed by atoms with van der Waals surface area (Å²) in [7, 11) is 0. The maximum absolute atomic E-state index is 8.77. The van der Waals surface area contributed by atoms with E-state index in [-0.39, 0.29) is 0 Å². The minimum absolute atomic E-state index is 0.305. The third-order valence-electron chi connectivity index (χ3n) is 2.86. The van der Waals surface area contributed by atoms with Crippen molar-refractivity contribution in [3.63, 3.8) is 0 Å². The molecular weight excluding hydrogens is 230 g/mol. The van der Waals surface area contributed by atoms with Crippen molar-refractivity contribution in [2.45, 2.75) is 6.92 Å². The Bertz CT molecular complexity index is 640. The number of nitrogens with one attached hydrogen (secondary N) is 1. The second-order valence-electron chi connectivity index (χ2n) is 4.07. The van der Waals surface area contributed by atoms with Gasteiger partial charge in [0.15, 0.2) is 11.5 Å². The molecule has 0 spiro atoms. The number of rotatable bonds is 1. The van der Waals surface area contributed by atoms with E-state index in [2.05, 4.69) is 9.97 Å². The Morgan fingerprint density at radius 1 is 1.28 bits per heavy atom. The molecule has 0 radical (unpaired) electrons. The summed E-state index contributed by atoms with van der Waals surface area (Å²) in [6, 6.07) is 5.83.